The van der Waals surface area contributed by atoms with E-state index < -0.39 is 0 Å². The first-order valence-electron chi connectivity index (χ1n) is 7.27. The van der Waals surface area contributed by atoms with Crippen molar-refractivity contribution < 1.29 is 9.84 Å². The molecule has 0 unspecified atom stereocenters. The van der Waals surface area contributed by atoms with Gasteiger partial charge in [-0.15, -0.1) is 24.8 Å². The highest BCUT2D eigenvalue weighted by molar-refractivity contribution is 5.85. The van der Waals surface area contributed by atoms with Gasteiger partial charge in [-0.25, -0.2) is 0 Å². The number of nitrogens with zero attached hydrogens (tertiary/aromatic N) is 2. The molecule has 1 N–H and O–H groups in total. The number of piperazine rings is 1. The average Bonchev–Trinajstić information content (AvgIpc) is 2.48. The van der Waals surface area contributed by atoms with E-state index in [2.05, 4.69) is 35.8 Å². The van der Waals surface area contributed by atoms with Crippen LogP contribution in [0.5, 0.6) is 5.75 Å². The van der Waals surface area contributed by atoms with Crippen molar-refractivity contribution in [3.05, 3.63) is 24.3 Å². The first kappa shape index (κ1) is 21.3. The summed E-state index contributed by atoms with van der Waals surface area (Å²) in [6, 6.07) is 8.18. The summed E-state index contributed by atoms with van der Waals surface area (Å²) in [5.41, 5.74) is 1.16. The number of para-hydroxylation sites is 2. The lowest BCUT2D eigenvalue weighted by atomic mass is 9.94. The van der Waals surface area contributed by atoms with E-state index in [1.165, 1.54) is 5.69 Å². The molecule has 2 rings (SSSR count). The molecule has 1 aliphatic rings. The van der Waals surface area contributed by atoms with Gasteiger partial charge < -0.3 is 14.7 Å². The summed E-state index contributed by atoms with van der Waals surface area (Å²) >= 11 is 0. The van der Waals surface area contributed by atoms with Crippen molar-refractivity contribution in [2.75, 3.05) is 51.3 Å². The minimum Gasteiger partial charge on any atom is -0.495 e. The summed E-state index contributed by atoms with van der Waals surface area (Å²) in [5.74, 6) is 0.941. The number of anilines is 1. The van der Waals surface area contributed by atoms with Crippen LogP contribution in [0.4, 0.5) is 5.69 Å². The topological polar surface area (TPSA) is 35.9 Å². The number of hydrogen-bond acceptors (Lipinski definition) is 4. The van der Waals surface area contributed by atoms with Gasteiger partial charge in [0.2, 0.25) is 0 Å². The molecule has 1 heterocycles. The minimum absolute atomic E-state index is 0. The molecule has 0 aromatic heterocycles. The molecule has 1 aromatic carbocycles. The van der Waals surface area contributed by atoms with Gasteiger partial charge >= 0.3 is 0 Å². The number of rotatable bonds is 5. The molecule has 22 heavy (non-hydrogen) atoms. The Kier molecular flexibility index (Phi) is 9.16. The smallest absolute Gasteiger partial charge is 0.142 e. The van der Waals surface area contributed by atoms with Crippen LogP contribution in [0, 0.1) is 5.41 Å². The monoisotopic (exact) mass is 350 g/mol. The van der Waals surface area contributed by atoms with Crippen molar-refractivity contribution in [3.63, 3.8) is 0 Å². The Balaban J connectivity index is 0.00000220. The van der Waals surface area contributed by atoms with E-state index in [1.54, 1.807) is 7.11 Å². The number of aliphatic hydroxyl groups excluding tert-OH is 1. The van der Waals surface area contributed by atoms with E-state index in [1.807, 2.05) is 12.1 Å². The molecule has 128 valence electrons. The maximum atomic E-state index is 9.37. The van der Waals surface area contributed by atoms with Crippen LogP contribution in [0.15, 0.2) is 24.3 Å². The third-order valence-electron chi connectivity index (χ3n) is 3.88. The lowest BCUT2D eigenvalue weighted by Crippen LogP contribution is -2.49. The molecular weight excluding hydrogens is 323 g/mol. The summed E-state index contributed by atoms with van der Waals surface area (Å²) in [5, 5.41) is 9.37. The molecule has 0 spiro atoms. The van der Waals surface area contributed by atoms with Gasteiger partial charge in [0.15, 0.2) is 0 Å². The lowest BCUT2D eigenvalue weighted by molar-refractivity contribution is 0.0995. The molecular formula is C16H28Cl2N2O2. The summed E-state index contributed by atoms with van der Waals surface area (Å²) in [6.07, 6.45) is 0. The molecule has 1 aromatic rings. The number of benzene rings is 1. The van der Waals surface area contributed by atoms with Crippen LogP contribution in [0.3, 0.4) is 0 Å². The normalized spacial score (nSPS) is 15.7. The second-order valence-corrected chi connectivity index (χ2v) is 6.26. The zero-order valence-corrected chi connectivity index (χ0v) is 15.3. The molecule has 1 fully saturated rings. The van der Waals surface area contributed by atoms with Gasteiger partial charge in [0, 0.05) is 44.7 Å². The predicted molar refractivity (Wildman–Crippen MR) is 97.0 cm³/mol. The zero-order chi connectivity index (χ0) is 14.6. The summed E-state index contributed by atoms with van der Waals surface area (Å²) in [7, 11) is 1.72. The van der Waals surface area contributed by atoms with E-state index >= 15 is 0 Å². The Morgan fingerprint density at radius 2 is 1.68 bits per heavy atom. The van der Waals surface area contributed by atoms with Gasteiger partial charge in [-0.05, 0) is 12.1 Å². The van der Waals surface area contributed by atoms with Crippen LogP contribution in [0.1, 0.15) is 13.8 Å². The number of methoxy groups -OCH3 is 1. The number of halogens is 2. The highest BCUT2D eigenvalue weighted by atomic mass is 35.5. The quantitative estimate of drug-likeness (QED) is 0.885. The summed E-state index contributed by atoms with van der Waals surface area (Å²) in [6.45, 7) is 9.47. The summed E-state index contributed by atoms with van der Waals surface area (Å²) in [4.78, 5) is 4.81. The highest BCUT2D eigenvalue weighted by Gasteiger charge is 2.25. The molecule has 0 saturated carbocycles. The maximum Gasteiger partial charge on any atom is 0.142 e. The van der Waals surface area contributed by atoms with Crippen molar-refractivity contribution in [3.8, 4) is 5.75 Å². The van der Waals surface area contributed by atoms with Gasteiger partial charge in [0.25, 0.3) is 0 Å². The Morgan fingerprint density at radius 1 is 1.09 bits per heavy atom. The molecule has 0 bridgehead atoms. The maximum absolute atomic E-state index is 9.37. The van der Waals surface area contributed by atoms with Crippen LogP contribution in [-0.2, 0) is 0 Å². The van der Waals surface area contributed by atoms with Crippen molar-refractivity contribution in [2.45, 2.75) is 13.8 Å². The Hall–Kier alpha value is -0.680. The number of aliphatic hydroxyl groups is 1. The lowest BCUT2D eigenvalue weighted by Gasteiger charge is -2.39. The van der Waals surface area contributed by atoms with Gasteiger partial charge in [-0.3, -0.25) is 4.90 Å². The zero-order valence-electron chi connectivity index (χ0n) is 13.6. The van der Waals surface area contributed by atoms with Crippen molar-refractivity contribution >= 4 is 30.5 Å². The number of ether oxygens (including phenoxy) is 1. The molecule has 0 atom stereocenters. The molecule has 1 saturated heterocycles. The van der Waals surface area contributed by atoms with Gasteiger partial charge in [-0.1, -0.05) is 26.0 Å². The van der Waals surface area contributed by atoms with Crippen LogP contribution in [0.2, 0.25) is 0 Å². The van der Waals surface area contributed by atoms with E-state index in [-0.39, 0.29) is 36.8 Å². The van der Waals surface area contributed by atoms with Crippen LogP contribution in [0.25, 0.3) is 0 Å². The van der Waals surface area contributed by atoms with Crippen molar-refractivity contribution in [1.82, 2.24) is 4.90 Å². The SMILES string of the molecule is COc1ccccc1N1CCN(CC(C)(C)CO)CC1.Cl.Cl. The molecule has 0 radical (unpaired) electrons. The third kappa shape index (κ3) is 5.51. The molecule has 6 heteroatoms. The van der Waals surface area contributed by atoms with Crippen LogP contribution in [-0.4, -0.2) is 56.4 Å². The Labute approximate surface area is 146 Å². The van der Waals surface area contributed by atoms with E-state index in [0.29, 0.717) is 0 Å². The first-order chi connectivity index (χ1) is 9.55. The van der Waals surface area contributed by atoms with E-state index in [9.17, 15) is 5.11 Å². The molecule has 1 aliphatic heterocycles. The third-order valence-corrected chi connectivity index (χ3v) is 3.88. The first-order valence-corrected chi connectivity index (χ1v) is 7.27. The van der Waals surface area contributed by atoms with Crippen molar-refractivity contribution in [1.29, 1.82) is 0 Å². The fourth-order valence-corrected chi connectivity index (χ4v) is 2.69. The molecule has 0 aliphatic carbocycles. The highest BCUT2D eigenvalue weighted by Crippen LogP contribution is 2.28. The van der Waals surface area contributed by atoms with Gasteiger partial charge in [0.1, 0.15) is 5.75 Å². The Bertz CT molecular complexity index is 436. The Morgan fingerprint density at radius 3 is 2.23 bits per heavy atom. The molecule has 4 nitrogen and oxygen atoms in total. The second-order valence-electron chi connectivity index (χ2n) is 6.26. The average molecular weight is 351 g/mol. The predicted octanol–water partition coefficient (Wildman–Crippen LogP) is 2.68. The fourth-order valence-electron chi connectivity index (χ4n) is 2.69. The molecule has 0 amide bonds. The standard InChI is InChI=1S/C16H26N2O2.2ClH/c1-16(2,13-19)12-17-8-10-18(11-9-17)14-6-4-5-7-15(14)20-3;;/h4-7,19H,8-13H2,1-3H3;2*1H. The van der Waals surface area contributed by atoms with Gasteiger partial charge in [-0.2, -0.15) is 0 Å². The van der Waals surface area contributed by atoms with E-state index in [0.717, 1.165) is 38.5 Å². The summed E-state index contributed by atoms with van der Waals surface area (Å²) < 4.78 is 5.44. The minimum atomic E-state index is -0.0212. The van der Waals surface area contributed by atoms with Gasteiger partial charge in [0.05, 0.1) is 12.8 Å². The van der Waals surface area contributed by atoms with Crippen molar-refractivity contribution in [2.24, 2.45) is 5.41 Å². The second kappa shape index (κ2) is 9.46. The largest absolute Gasteiger partial charge is 0.495 e. The van der Waals surface area contributed by atoms with E-state index in [4.69, 9.17) is 4.74 Å². The van der Waals surface area contributed by atoms with Crippen LogP contribution < -0.4 is 9.64 Å². The number of hydrogen-bond donors (Lipinski definition) is 1. The fraction of sp³-hybridized carbons (Fsp3) is 0.625. The van der Waals surface area contributed by atoms with Crippen LogP contribution >= 0.6 is 24.8 Å².